The first-order chi connectivity index (χ1) is 14.6. The number of nitrogens with one attached hydrogen (secondary N) is 2. The van der Waals surface area contributed by atoms with E-state index in [1.165, 1.54) is 37.8 Å². The minimum absolute atomic E-state index is 0.563. The van der Waals surface area contributed by atoms with Gasteiger partial charge in [-0.15, -0.1) is 17.3 Å². The third kappa shape index (κ3) is 10.4. The number of aliphatic imine (C=N–C) groups is 2. The molecule has 1 saturated carbocycles. The van der Waals surface area contributed by atoms with Crippen molar-refractivity contribution in [1.82, 2.24) is 15.1 Å². The molecule has 0 radical (unpaired) electrons. The third-order valence-corrected chi connectivity index (χ3v) is 6.17. The Balaban J connectivity index is 0.00000218. The van der Waals surface area contributed by atoms with Gasteiger partial charge in [-0.1, -0.05) is 31.4 Å². The zero-order valence-electron chi connectivity index (χ0n) is 19.1. The molecule has 0 aromatic carbocycles. The summed E-state index contributed by atoms with van der Waals surface area (Å²) in [5.41, 5.74) is 2.34. The highest BCUT2D eigenvalue weighted by Gasteiger charge is 2.16. The van der Waals surface area contributed by atoms with E-state index in [1.54, 1.807) is 23.5 Å². The van der Waals surface area contributed by atoms with E-state index in [0.717, 1.165) is 48.3 Å². The molecule has 0 aromatic heterocycles. The summed E-state index contributed by atoms with van der Waals surface area (Å²) in [5, 5.41) is 7.02. The number of rotatable bonds is 10. The van der Waals surface area contributed by atoms with E-state index in [1.807, 2.05) is 14.0 Å². The number of allylic oxidation sites excluding steroid dienone is 2. The highest BCUT2D eigenvalue weighted by atomic mass is 32.2. The van der Waals surface area contributed by atoms with Crippen LogP contribution in [0.4, 0.5) is 0 Å². The summed E-state index contributed by atoms with van der Waals surface area (Å²) in [4.78, 5) is 15.8. The van der Waals surface area contributed by atoms with Gasteiger partial charge in [-0.3, -0.25) is 20.1 Å². The van der Waals surface area contributed by atoms with Crippen LogP contribution in [0.1, 0.15) is 58.8 Å². The number of nitrogens with zero attached hydrogens (tertiary/aromatic N) is 3. The highest BCUT2D eigenvalue weighted by Crippen LogP contribution is 2.24. The maximum absolute atomic E-state index is 5.28. The molecule has 1 aliphatic heterocycles. The fourth-order valence-corrected chi connectivity index (χ4v) is 4.17. The highest BCUT2D eigenvalue weighted by molar-refractivity contribution is 8.01. The van der Waals surface area contributed by atoms with Gasteiger partial charge in [0.15, 0.2) is 0 Å². The molecule has 2 N–H and O–H groups in total. The summed E-state index contributed by atoms with van der Waals surface area (Å²) in [6, 6.07) is 0. The molecule has 0 bridgehead atoms. The first-order valence-electron chi connectivity index (χ1n) is 10.8. The molecule has 0 atom stereocenters. The van der Waals surface area contributed by atoms with Crippen LogP contribution >= 0.6 is 11.9 Å². The van der Waals surface area contributed by atoms with E-state index in [2.05, 4.69) is 47.5 Å². The Morgan fingerprint density at radius 2 is 2.10 bits per heavy atom. The number of amidine groups is 1. The maximum Gasteiger partial charge on any atom is 0.137 e. The fourth-order valence-electron chi connectivity index (χ4n) is 3.49. The van der Waals surface area contributed by atoms with Crippen molar-refractivity contribution in [3.05, 3.63) is 22.8 Å². The number of terminal acetylenes is 1. The molecule has 30 heavy (non-hydrogen) atoms. The average molecular weight is 434 g/mol. The fraction of sp³-hybridized carbons (Fsp3) is 0.652. The average Bonchev–Trinajstić information content (AvgIpc) is 2.79. The molecular formula is C23H39N5OS. The van der Waals surface area contributed by atoms with Crippen molar-refractivity contribution in [2.75, 3.05) is 33.9 Å². The van der Waals surface area contributed by atoms with Gasteiger partial charge in [0.2, 0.25) is 0 Å². The smallest absolute Gasteiger partial charge is 0.137 e. The molecule has 168 valence electrons. The molecule has 2 aliphatic rings. The number of hydrogen-bond acceptors (Lipinski definition) is 6. The summed E-state index contributed by atoms with van der Waals surface area (Å²) >= 11 is 1.54. The second-order valence-electron chi connectivity index (χ2n) is 7.42. The lowest BCUT2D eigenvalue weighted by atomic mass is 9.89. The zero-order valence-corrected chi connectivity index (χ0v) is 19.9. The summed E-state index contributed by atoms with van der Waals surface area (Å²) in [5.74, 6) is 1.69. The van der Waals surface area contributed by atoms with Gasteiger partial charge in [0.1, 0.15) is 5.84 Å². The number of hydrogen-bond donors (Lipinski definition) is 2. The maximum atomic E-state index is 5.28. The second-order valence-corrected chi connectivity index (χ2v) is 8.56. The van der Waals surface area contributed by atoms with E-state index < -0.39 is 0 Å². The Morgan fingerprint density at radius 1 is 1.37 bits per heavy atom. The second kappa shape index (κ2) is 16.1. The predicted octanol–water partition coefficient (Wildman–Crippen LogP) is 4.54. The van der Waals surface area contributed by atoms with Gasteiger partial charge in [-0.25, -0.2) is 0 Å². The molecule has 1 fully saturated rings. The van der Waals surface area contributed by atoms with Crippen LogP contribution in [-0.4, -0.2) is 49.9 Å². The normalized spacial score (nSPS) is 18.4. The van der Waals surface area contributed by atoms with Crippen molar-refractivity contribution in [2.24, 2.45) is 15.9 Å². The van der Waals surface area contributed by atoms with Gasteiger partial charge in [0, 0.05) is 25.8 Å². The van der Waals surface area contributed by atoms with E-state index in [-0.39, 0.29) is 0 Å². The molecule has 7 heteroatoms. The monoisotopic (exact) mass is 433 g/mol. The summed E-state index contributed by atoms with van der Waals surface area (Å²) in [6.07, 6.45) is 21.2. The predicted molar refractivity (Wildman–Crippen MR) is 131 cm³/mol. The molecule has 0 saturated heterocycles. The first kappa shape index (κ1) is 26.4. The molecule has 2 rings (SSSR count). The Labute approximate surface area is 187 Å². The van der Waals surface area contributed by atoms with Crippen LogP contribution in [0, 0.1) is 18.8 Å². The molecule has 0 aromatic rings. The van der Waals surface area contributed by atoms with E-state index in [9.17, 15) is 0 Å². The van der Waals surface area contributed by atoms with Crippen LogP contribution in [0.25, 0.3) is 0 Å². The van der Waals surface area contributed by atoms with Crippen LogP contribution in [-0.2, 0) is 4.84 Å². The lowest BCUT2D eigenvalue weighted by Gasteiger charge is -2.24. The van der Waals surface area contributed by atoms with E-state index in [4.69, 9.17) is 9.83 Å². The van der Waals surface area contributed by atoms with Crippen LogP contribution in [0.5, 0.6) is 0 Å². The zero-order chi connectivity index (χ0) is 22.2. The van der Waals surface area contributed by atoms with Crippen molar-refractivity contribution in [1.29, 1.82) is 0 Å². The lowest BCUT2D eigenvalue weighted by molar-refractivity contribution is -0.0138. The van der Waals surface area contributed by atoms with Crippen molar-refractivity contribution >= 4 is 23.5 Å². The van der Waals surface area contributed by atoms with Gasteiger partial charge in [-0.2, -0.15) is 0 Å². The van der Waals surface area contributed by atoms with E-state index in [0.29, 0.717) is 6.67 Å². The van der Waals surface area contributed by atoms with Crippen molar-refractivity contribution in [3.8, 4) is 12.8 Å². The van der Waals surface area contributed by atoms with Gasteiger partial charge >= 0.3 is 0 Å². The summed E-state index contributed by atoms with van der Waals surface area (Å²) < 4.78 is 1.74. The van der Waals surface area contributed by atoms with Gasteiger partial charge in [0.05, 0.1) is 24.4 Å². The molecular weight excluding hydrogens is 394 g/mol. The molecule has 0 amide bonds. The van der Waals surface area contributed by atoms with Crippen molar-refractivity contribution in [3.63, 3.8) is 0 Å². The van der Waals surface area contributed by atoms with Crippen LogP contribution in [0.15, 0.2) is 32.7 Å². The van der Waals surface area contributed by atoms with Crippen LogP contribution < -0.4 is 10.6 Å². The van der Waals surface area contributed by atoms with Crippen molar-refractivity contribution < 1.29 is 4.84 Å². The summed E-state index contributed by atoms with van der Waals surface area (Å²) in [6.45, 7) is 6.45. The Hall–Kier alpha value is -1.59. The topological polar surface area (TPSA) is 61.2 Å². The standard InChI is InChI=1S/C21H37N5OS.C2H2/c1-5-20(28-26(3)27-4)21(23-14-18-11-7-6-8-12-18)24-16-22-15-19-13-9-10-17(2)25-19;1-2/h5,13,18,22H,6-12,14-16H2,1-4H3,(H,23,24);1-2H/b20-5+;. The van der Waals surface area contributed by atoms with Crippen LogP contribution in [0.2, 0.25) is 0 Å². The van der Waals surface area contributed by atoms with E-state index >= 15 is 0 Å². The Morgan fingerprint density at radius 3 is 2.73 bits per heavy atom. The minimum atomic E-state index is 0.563. The largest absolute Gasteiger partial charge is 0.369 e. The minimum Gasteiger partial charge on any atom is -0.369 e. The van der Waals surface area contributed by atoms with Crippen molar-refractivity contribution in [2.45, 2.75) is 58.8 Å². The quantitative estimate of drug-likeness (QED) is 0.132. The van der Waals surface area contributed by atoms with Gasteiger partial charge in [0.25, 0.3) is 0 Å². The molecule has 1 aliphatic carbocycles. The first-order valence-corrected chi connectivity index (χ1v) is 11.6. The Bertz CT molecular complexity index is 633. The van der Waals surface area contributed by atoms with Crippen LogP contribution in [0.3, 0.4) is 0 Å². The SMILES string of the molecule is C#C.C/C=C(SN(C)OC)\C(=N/CNCC1=CCCC(C)=N1)NCC1CCCCC1. The lowest BCUT2D eigenvalue weighted by Crippen LogP contribution is -2.33. The molecule has 1 heterocycles. The summed E-state index contributed by atoms with van der Waals surface area (Å²) in [7, 11) is 3.58. The molecule has 6 nitrogen and oxygen atoms in total. The molecule has 0 spiro atoms. The third-order valence-electron chi connectivity index (χ3n) is 5.14. The number of hydroxylamine groups is 1. The Kier molecular flexibility index (Phi) is 14.2. The molecule has 0 unspecified atom stereocenters. The van der Waals surface area contributed by atoms with Gasteiger partial charge in [-0.05, 0) is 57.4 Å². The van der Waals surface area contributed by atoms with Gasteiger partial charge < -0.3 is 5.32 Å².